The Labute approximate surface area is 112 Å². The third-order valence-corrected chi connectivity index (χ3v) is 3.32. The minimum atomic E-state index is 0.313. The summed E-state index contributed by atoms with van der Waals surface area (Å²) in [6, 6.07) is 18.0. The molecule has 0 atom stereocenters. The third-order valence-electron chi connectivity index (χ3n) is 3.32. The molecule has 1 heterocycles. The molecule has 0 saturated heterocycles. The van der Waals surface area contributed by atoms with Crippen molar-refractivity contribution < 1.29 is 9.67 Å². The zero-order chi connectivity index (χ0) is 13.1. The van der Waals surface area contributed by atoms with Gasteiger partial charge in [-0.2, -0.15) is 0 Å². The first-order valence-electron chi connectivity index (χ1n) is 6.47. The van der Waals surface area contributed by atoms with Gasteiger partial charge < -0.3 is 5.11 Å². The molecule has 0 radical (unpaired) electrons. The van der Waals surface area contributed by atoms with Gasteiger partial charge in [0.15, 0.2) is 18.9 Å². The SMILES string of the molecule is Oc1ccc2cc[n+](CCc3ccccc3)cc2c1. The first-order valence-corrected chi connectivity index (χ1v) is 6.47. The van der Waals surface area contributed by atoms with Crippen LogP contribution in [0, 0.1) is 0 Å². The Balaban J connectivity index is 1.81. The van der Waals surface area contributed by atoms with Crippen LogP contribution in [0.4, 0.5) is 0 Å². The van der Waals surface area contributed by atoms with Gasteiger partial charge in [-0.15, -0.1) is 0 Å². The third kappa shape index (κ3) is 2.74. The van der Waals surface area contributed by atoms with Crippen molar-refractivity contribution in [2.24, 2.45) is 0 Å². The summed E-state index contributed by atoms with van der Waals surface area (Å²) >= 11 is 0. The van der Waals surface area contributed by atoms with Crippen LogP contribution in [-0.4, -0.2) is 5.11 Å². The number of hydrogen-bond donors (Lipinski definition) is 1. The average molecular weight is 250 g/mol. The Morgan fingerprint density at radius 3 is 2.58 bits per heavy atom. The van der Waals surface area contributed by atoms with Crippen molar-refractivity contribution in [2.45, 2.75) is 13.0 Å². The van der Waals surface area contributed by atoms with Gasteiger partial charge in [-0.3, -0.25) is 0 Å². The van der Waals surface area contributed by atoms with E-state index in [9.17, 15) is 5.11 Å². The molecule has 0 aliphatic carbocycles. The van der Waals surface area contributed by atoms with Crippen LogP contribution >= 0.6 is 0 Å². The van der Waals surface area contributed by atoms with Crippen molar-refractivity contribution in [1.29, 1.82) is 0 Å². The predicted molar refractivity (Wildman–Crippen MR) is 76.0 cm³/mol. The first-order chi connectivity index (χ1) is 9.31. The molecule has 1 N–H and O–H groups in total. The number of phenolic OH excluding ortho intramolecular Hbond substituents is 1. The molecular formula is C17H16NO+. The van der Waals surface area contributed by atoms with Crippen LogP contribution in [-0.2, 0) is 13.0 Å². The zero-order valence-electron chi connectivity index (χ0n) is 10.7. The molecular weight excluding hydrogens is 234 g/mol. The van der Waals surface area contributed by atoms with Crippen LogP contribution in [0.2, 0.25) is 0 Å². The number of aryl methyl sites for hydroxylation is 2. The van der Waals surface area contributed by atoms with Crippen LogP contribution in [0.5, 0.6) is 5.75 Å². The van der Waals surface area contributed by atoms with Gasteiger partial charge in [-0.25, -0.2) is 4.57 Å². The summed E-state index contributed by atoms with van der Waals surface area (Å²) in [6.45, 7) is 0.940. The molecule has 0 aliphatic rings. The Kier molecular flexibility index (Phi) is 3.15. The van der Waals surface area contributed by atoms with Gasteiger partial charge in [0, 0.05) is 17.9 Å². The second kappa shape index (κ2) is 5.11. The summed E-state index contributed by atoms with van der Waals surface area (Å²) in [5, 5.41) is 11.7. The number of aromatic nitrogens is 1. The lowest BCUT2D eigenvalue weighted by Crippen LogP contribution is -2.33. The van der Waals surface area contributed by atoms with Gasteiger partial charge in [0.05, 0.1) is 0 Å². The lowest BCUT2D eigenvalue weighted by molar-refractivity contribution is -0.695. The van der Waals surface area contributed by atoms with E-state index in [1.807, 2.05) is 12.1 Å². The fourth-order valence-electron chi connectivity index (χ4n) is 2.27. The van der Waals surface area contributed by atoms with E-state index in [2.05, 4.69) is 47.3 Å². The van der Waals surface area contributed by atoms with E-state index in [-0.39, 0.29) is 0 Å². The van der Waals surface area contributed by atoms with E-state index >= 15 is 0 Å². The van der Waals surface area contributed by atoms with Gasteiger partial charge in [0.2, 0.25) is 0 Å². The molecule has 0 saturated carbocycles. The molecule has 2 aromatic carbocycles. The molecule has 0 bridgehead atoms. The lowest BCUT2D eigenvalue weighted by Gasteiger charge is -2.01. The predicted octanol–water partition coefficient (Wildman–Crippen LogP) is 3.08. The summed E-state index contributed by atoms with van der Waals surface area (Å²) in [5.74, 6) is 0.313. The quantitative estimate of drug-likeness (QED) is 0.710. The highest BCUT2D eigenvalue weighted by Gasteiger charge is 2.04. The number of hydrogen-bond acceptors (Lipinski definition) is 1. The van der Waals surface area contributed by atoms with Gasteiger partial charge in [-0.05, 0) is 23.1 Å². The van der Waals surface area contributed by atoms with Crippen molar-refractivity contribution >= 4 is 10.8 Å². The van der Waals surface area contributed by atoms with Gasteiger partial charge in [0.25, 0.3) is 0 Å². The number of fused-ring (bicyclic) bond motifs is 1. The number of aromatic hydroxyl groups is 1. The molecule has 2 nitrogen and oxygen atoms in total. The molecule has 0 unspecified atom stereocenters. The summed E-state index contributed by atoms with van der Waals surface area (Å²) in [5.41, 5.74) is 1.34. The second-order valence-corrected chi connectivity index (χ2v) is 4.73. The molecule has 2 heteroatoms. The molecule has 0 amide bonds. The van der Waals surface area contributed by atoms with Crippen molar-refractivity contribution in [3.8, 4) is 5.75 Å². The van der Waals surface area contributed by atoms with Gasteiger partial charge >= 0.3 is 0 Å². The number of pyridine rings is 1. The summed E-state index contributed by atoms with van der Waals surface area (Å²) in [6.07, 6.45) is 5.18. The van der Waals surface area contributed by atoms with Crippen LogP contribution in [0.1, 0.15) is 5.56 Å². The highest BCUT2D eigenvalue weighted by molar-refractivity contribution is 5.81. The number of phenols is 1. The standard InChI is InChI=1S/C17H15NO/c19-17-7-6-15-9-11-18(13-16(15)12-17)10-8-14-4-2-1-3-5-14/h1-7,9,11-13H,8,10H2/p+1. The highest BCUT2D eigenvalue weighted by Crippen LogP contribution is 2.17. The van der Waals surface area contributed by atoms with Crippen molar-refractivity contribution in [1.82, 2.24) is 0 Å². The first kappa shape index (κ1) is 11.7. The van der Waals surface area contributed by atoms with Gasteiger partial charge in [0.1, 0.15) is 5.75 Å². The summed E-state index contributed by atoms with van der Waals surface area (Å²) < 4.78 is 2.16. The van der Waals surface area contributed by atoms with E-state index < -0.39 is 0 Å². The Bertz CT molecular complexity index is 692. The molecule has 1 aromatic heterocycles. The fourth-order valence-corrected chi connectivity index (χ4v) is 2.27. The normalized spacial score (nSPS) is 10.7. The molecule has 3 rings (SSSR count). The average Bonchev–Trinajstić information content (AvgIpc) is 2.46. The molecule has 19 heavy (non-hydrogen) atoms. The summed E-state index contributed by atoms with van der Waals surface area (Å²) in [4.78, 5) is 0. The molecule has 0 aliphatic heterocycles. The molecule has 3 aromatic rings. The van der Waals surface area contributed by atoms with E-state index in [0.717, 1.165) is 23.7 Å². The largest absolute Gasteiger partial charge is 0.508 e. The van der Waals surface area contributed by atoms with Crippen LogP contribution < -0.4 is 4.57 Å². The Morgan fingerprint density at radius 1 is 0.895 bits per heavy atom. The zero-order valence-corrected chi connectivity index (χ0v) is 10.7. The van der Waals surface area contributed by atoms with Crippen molar-refractivity contribution in [3.05, 3.63) is 72.6 Å². The van der Waals surface area contributed by atoms with E-state index in [1.54, 1.807) is 12.1 Å². The monoisotopic (exact) mass is 250 g/mol. The Hall–Kier alpha value is -2.35. The van der Waals surface area contributed by atoms with Crippen LogP contribution in [0.3, 0.4) is 0 Å². The molecule has 0 spiro atoms. The minimum Gasteiger partial charge on any atom is -0.508 e. The lowest BCUT2D eigenvalue weighted by atomic mass is 10.1. The smallest absolute Gasteiger partial charge is 0.176 e. The van der Waals surface area contributed by atoms with Crippen molar-refractivity contribution in [2.75, 3.05) is 0 Å². The molecule has 94 valence electrons. The maximum Gasteiger partial charge on any atom is 0.176 e. The minimum absolute atomic E-state index is 0.313. The van der Waals surface area contributed by atoms with Crippen LogP contribution in [0.15, 0.2) is 67.0 Å². The van der Waals surface area contributed by atoms with E-state index in [4.69, 9.17) is 0 Å². The maximum absolute atomic E-state index is 9.52. The van der Waals surface area contributed by atoms with E-state index in [0.29, 0.717) is 5.75 Å². The number of nitrogens with zero attached hydrogens (tertiary/aromatic N) is 1. The maximum atomic E-state index is 9.52. The van der Waals surface area contributed by atoms with Crippen molar-refractivity contribution in [3.63, 3.8) is 0 Å². The second-order valence-electron chi connectivity index (χ2n) is 4.73. The topological polar surface area (TPSA) is 24.1 Å². The highest BCUT2D eigenvalue weighted by atomic mass is 16.3. The van der Waals surface area contributed by atoms with Gasteiger partial charge in [-0.1, -0.05) is 36.4 Å². The fraction of sp³-hybridized carbons (Fsp3) is 0.118. The molecule has 0 fully saturated rings. The van der Waals surface area contributed by atoms with E-state index in [1.165, 1.54) is 5.56 Å². The Morgan fingerprint density at radius 2 is 1.74 bits per heavy atom. The number of rotatable bonds is 3. The number of benzene rings is 2. The van der Waals surface area contributed by atoms with Crippen LogP contribution in [0.25, 0.3) is 10.8 Å². The summed E-state index contributed by atoms with van der Waals surface area (Å²) in [7, 11) is 0.